The lowest BCUT2D eigenvalue weighted by atomic mass is 10.2. The Balaban J connectivity index is 1.57. The second-order valence-electron chi connectivity index (χ2n) is 5.56. The molecule has 140 valence electrons. The van der Waals surface area contributed by atoms with Crippen molar-refractivity contribution in [2.24, 2.45) is 5.73 Å². The summed E-state index contributed by atoms with van der Waals surface area (Å²) in [6, 6.07) is 9.27. The molecule has 0 fully saturated rings. The topological polar surface area (TPSA) is 134 Å². The Bertz CT molecular complexity index is 918. The smallest absolute Gasteiger partial charge is 0.283 e. The molecular formula is C17H15N3O6S. The Labute approximate surface area is 158 Å². The lowest BCUT2D eigenvalue weighted by Crippen LogP contribution is -2.24. The predicted molar refractivity (Wildman–Crippen MR) is 96.8 cm³/mol. The van der Waals surface area contributed by atoms with E-state index in [2.05, 4.69) is 5.32 Å². The minimum absolute atomic E-state index is 0.0126. The summed E-state index contributed by atoms with van der Waals surface area (Å²) in [6.07, 6.45) is 0. The molecule has 1 aliphatic rings. The number of carbonyl (C=O) groups excluding carboxylic acids is 2. The minimum Gasteiger partial charge on any atom is -0.454 e. The van der Waals surface area contributed by atoms with Crippen molar-refractivity contribution in [3.8, 4) is 11.5 Å². The van der Waals surface area contributed by atoms with Gasteiger partial charge in [0.25, 0.3) is 5.69 Å². The van der Waals surface area contributed by atoms with E-state index in [1.54, 1.807) is 12.1 Å². The molecule has 0 saturated carbocycles. The van der Waals surface area contributed by atoms with Gasteiger partial charge in [0.15, 0.2) is 11.5 Å². The van der Waals surface area contributed by atoms with Gasteiger partial charge in [-0.3, -0.25) is 19.7 Å². The molecule has 0 unspecified atom stereocenters. The van der Waals surface area contributed by atoms with Crippen molar-refractivity contribution in [3.63, 3.8) is 0 Å². The number of fused-ring (bicyclic) bond motifs is 1. The summed E-state index contributed by atoms with van der Waals surface area (Å²) < 4.78 is 10.5. The summed E-state index contributed by atoms with van der Waals surface area (Å²) in [5.74, 6) is 0.233. The summed E-state index contributed by atoms with van der Waals surface area (Å²) in [7, 11) is 0. The standard InChI is InChI=1S/C17H15N3O6S/c18-17(22)11-2-4-15(12(6-11)20(23)24)27-8-16(21)19-7-10-1-3-13-14(5-10)26-9-25-13/h1-6H,7-9H2,(H2,18,22)(H,19,21). The number of carbonyl (C=O) groups is 2. The number of nitro groups is 1. The third-order valence-electron chi connectivity index (χ3n) is 3.73. The number of hydrogen-bond donors (Lipinski definition) is 2. The monoisotopic (exact) mass is 389 g/mol. The van der Waals surface area contributed by atoms with Crippen LogP contribution in [0, 0.1) is 10.1 Å². The highest BCUT2D eigenvalue weighted by Gasteiger charge is 2.18. The molecule has 2 amide bonds. The Kier molecular flexibility index (Phi) is 5.46. The highest BCUT2D eigenvalue weighted by Crippen LogP contribution is 2.32. The van der Waals surface area contributed by atoms with Crippen LogP contribution in [0.4, 0.5) is 5.69 Å². The zero-order valence-corrected chi connectivity index (χ0v) is 14.8. The van der Waals surface area contributed by atoms with Gasteiger partial charge in [-0.05, 0) is 29.8 Å². The maximum Gasteiger partial charge on any atom is 0.283 e. The van der Waals surface area contributed by atoms with Gasteiger partial charge in [-0.2, -0.15) is 0 Å². The molecule has 2 aromatic rings. The highest BCUT2D eigenvalue weighted by molar-refractivity contribution is 8.00. The van der Waals surface area contributed by atoms with Gasteiger partial charge in [0.05, 0.1) is 15.6 Å². The van der Waals surface area contributed by atoms with Crippen LogP contribution >= 0.6 is 11.8 Å². The minimum atomic E-state index is -0.754. The van der Waals surface area contributed by atoms with Crippen LogP contribution in [0.5, 0.6) is 11.5 Å². The molecule has 0 spiro atoms. The molecule has 1 aliphatic heterocycles. The van der Waals surface area contributed by atoms with Crippen LogP contribution in [0.2, 0.25) is 0 Å². The maximum absolute atomic E-state index is 12.0. The number of nitro benzene ring substituents is 1. The Morgan fingerprint density at radius 3 is 2.70 bits per heavy atom. The molecule has 9 nitrogen and oxygen atoms in total. The SMILES string of the molecule is NC(=O)c1ccc(SCC(=O)NCc2ccc3c(c2)OCO3)c([N+](=O)[O-])c1. The van der Waals surface area contributed by atoms with Gasteiger partial charge in [-0.1, -0.05) is 6.07 Å². The van der Waals surface area contributed by atoms with E-state index in [4.69, 9.17) is 15.2 Å². The van der Waals surface area contributed by atoms with Gasteiger partial charge >= 0.3 is 0 Å². The van der Waals surface area contributed by atoms with E-state index in [0.717, 1.165) is 23.4 Å². The number of primary amides is 1. The second kappa shape index (κ2) is 7.96. The van der Waals surface area contributed by atoms with Crippen LogP contribution in [-0.2, 0) is 11.3 Å². The fourth-order valence-corrected chi connectivity index (χ4v) is 3.22. The van der Waals surface area contributed by atoms with Crippen molar-refractivity contribution >= 4 is 29.3 Å². The second-order valence-corrected chi connectivity index (χ2v) is 6.57. The first-order valence-corrected chi connectivity index (χ1v) is 8.79. The first-order chi connectivity index (χ1) is 12.9. The number of rotatable bonds is 7. The fraction of sp³-hybridized carbons (Fsp3) is 0.176. The van der Waals surface area contributed by atoms with Crippen molar-refractivity contribution in [1.29, 1.82) is 0 Å². The zero-order chi connectivity index (χ0) is 19.4. The van der Waals surface area contributed by atoms with Gasteiger partial charge in [-0.15, -0.1) is 11.8 Å². The van der Waals surface area contributed by atoms with Crippen molar-refractivity contribution in [3.05, 3.63) is 57.6 Å². The van der Waals surface area contributed by atoms with Crippen LogP contribution in [0.15, 0.2) is 41.3 Å². The van der Waals surface area contributed by atoms with Crippen molar-refractivity contribution in [1.82, 2.24) is 5.32 Å². The van der Waals surface area contributed by atoms with Gasteiger partial charge in [0.2, 0.25) is 18.6 Å². The van der Waals surface area contributed by atoms with Gasteiger partial charge in [-0.25, -0.2) is 0 Å². The molecule has 1 heterocycles. The summed E-state index contributed by atoms with van der Waals surface area (Å²) in [5, 5.41) is 13.9. The lowest BCUT2D eigenvalue weighted by molar-refractivity contribution is -0.387. The molecule has 27 heavy (non-hydrogen) atoms. The van der Waals surface area contributed by atoms with E-state index in [1.807, 2.05) is 6.07 Å². The largest absolute Gasteiger partial charge is 0.454 e. The van der Waals surface area contributed by atoms with E-state index in [-0.39, 0.29) is 34.6 Å². The average Bonchev–Trinajstić information content (AvgIpc) is 3.12. The number of benzene rings is 2. The van der Waals surface area contributed by atoms with Crippen LogP contribution in [0.25, 0.3) is 0 Å². The van der Waals surface area contributed by atoms with Crippen molar-refractivity contribution < 1.29 is 24.0 Å². The van der Waals surface area contributed by atoms with E-state index >= 15 is 0 Å². The maximum atomic E-state index is 12.0. The Morgan fingerprint density at radius 2 is 1.96 bits per heavy atom. The molecule has 0 atom stereocenters. The summed E-state index contributed by atoms with van der Waals surface area (Å²) in [6.45, 7) is 0.466. The molecule has 10 heteroatoms. The van der Waals surface area contributed by atoms with Crippen molar-refractivity contribution in [2.45, 2.75) is 11.4 Å². The number of nitrogens with zero attached hydrogens (tertiary/aromatic N) is 1. The highest BCUT2D eigenvalue weighted by atomic mass is 32.2. The van der Waals surface area contributed by atoms with Gasteiger partial charge < -0.3 is 20.5 Å². The number of hydrogen-bond acceptors (Lipinski definition) is 7. The van der Waals surface area contributed by atoms with Gasteiger partial charge in [0.1, 0.15) is 0 Å². The summed E-state index contributed by atoms with van der Waals surface area (Å²) in [4.78, 5) is 34.0. The van der Waals surface area contributed by atoms with E-state index in [1.165, 1.54) is 12.1 Å². The molecule has 2 aromatic carbocycles. The van der Waals surface area contributed by atoms with Crippen molar-refractivity contribution in [2.75, 3.05) is 12.5 Å². The molecule has 0 radical (unpaired) electrons. The fourth-order valence-electron chi connectivity index (χ4n) is 2.38. The molecular weight excluding hydrogens is 374 g/mol. The summed E-state index contributed by atoms with van der Waals surface area (Å²) >= 11 is 1.01. The van der Waals surface area contributed by atoms with Crippen LogP contribution in [-0.4, -0.2) is 29.3 Å². The van der Waals surface area contributed by atoms with E-state index in [0.29, 0.717) is 18.0 Å². The molecule has 3 N–H and O–H groups in total. The number of ether oxygens (including phenoxy) is 2. The predicted octanol–water partition coefficient (Wildman–Crippen LogP) is 1.83. The number of nitrogens with one attached hydrogen (secondary N) is 1. The van der Waals surface area contributed by atoms with Crippen LogP contribution in [0.3, 0.4) is 0 Å². The zero-order valence-electron chi connectivity index (χ0n) is 14.0. The van der Waals surface area contributed by atoms with E-state index < -0.39 is 10.8 Å². The quantitative estimate of drug-likeness (QED) is 0.419. The van der Waals surface area contributed by atoms with Gasteiger partial charge in [0, 0.05) is 18.2 Å². The third kappa shape index (κ3) is 4.47. The Morgan fingerprint density at radius 1 is 1.19 bits per heavy atom. The lowest BCUT2D eigenvalue weighted by Gasteiger charge is -2.07. The molecule has 0 saturated heterocycles. The summed E-state index contributed by atoms with van der Waals surface area (Å²) in [5.41, 5.74) is 5.75. The van der Waals surface area contributed by atoms with Crippen LogP contribution < -0.4 is 20.5 Å². The molecule has 0 aromatic heterocycles. The molecule has 3 rings (SSSR count). The Hall–Kier alpha value is -3.27. The third-order valence-corrected chi connectivity index (χ3v) is 4.79. The number of nitrogens with two attached hydrogens (primary N) is 1. The first kappa shape index (κ1) is 18.5. The average molecular weight is 389 g/mol. The number of amides is 2. The van der Waals surface area contributed by atoms with E-state index in [9.17, 15) is 19.7 Å². The number of thioether (sulfide) groups is 1. The molecule has 0 bridgehead atoms. The van der Waals surface area contributed by atoms with Crippen LogP contribution in [0.1, 0.15) is 15.9 Å². The normalized spacial score (nSPS) is 11.9. The molecule has 0 aliphatic carbocycles. The first-order valence-electron chi connectivity index (χ1n) is 7.80.